The Morgan fingerprint density at radius 3 is 2.38 bits per heavy atom. The van der Waals surface area contributed by atoms with E-state index >= 15 is 0 Å². The van der Waals surface area contributed by atoms with Crippen LogP contribution in [0, 0.1) is 0 Å². The lowest BCUT2D eigenvalue weighted by Gasteiger charge is -2.09. The fourth-order valence-electron chi connectivity index (χ4n) is 1.74. The molecule has 21 heavy (non-hydrogen) atoms. The van der Waals surface area contributed by atoms with E-state index in [0.717, 1.165) is 10.0 Å². The zero-order valence-corrected chi connectivity index (χ0v) is 13.0. The van der Waals surface area contributed by atoms with E-state index in [1.165, 1.54) is 0 Å². The first-order valence-corrected chi connectivity index (χ1v) is 7.20. The van der Waals surface area contributed by atoms with Crippen molar-refractivity contribution in [2.45, 2.75) is 13.0 Å². The predicted octanol–water partition coefficient (Wildman–Crippen LogP) is 3.02. The lowest BCUT2D eigenvalue weighted by Crippen LogP contribution is -2.26. The second kappa shape index (κ2) is 7.15. The first-order valence-electron chi connectivity index (χ1n) is 6.41. The molecule has 1 amide bonds. The Morgan fingerprint density at radius 2 is 1.76 bits per heavy atom. The van der Waals surface area contributed by atoms with Gasteiger partial charge in [-0.25, -0.2) is 5.43 Å². The Bertz CT molecular complexity index is 639. The van der Waals surface area contributed by atoms with E-state index in [9.17, 15) is 9.90 Å². The van der Waals surface area contributed by atoms with E-state index in [4.69, 9.17) is 0 Å². The van der Waals surface area contributed by atoms with Crippen LogP contribution in [0.2, 0.25) is 0 Å². The molecule has 0 heterocycles. The fourth-order valence-corrected chi connectivity index (χ4v) is 2.01. The van der Waals surface area contributed by atoms with E-state index in [0.29, 0.717) is 11.3 Å². The molecule has 0 spiro atoms. The quantitative estimate of drug-likeness (QED) is 0.660. The average Bonchev–Trinajstić information content (AvgIpc) is 2.53. The molecule has 5 heteroatoms. The summed E-state index contributed by atoms with van der Waals surface area (Å²) >= 11 is 3.36. The Hall–Kier alpha value is -1.98. The highest BCUT2D eigenvalue weighted by Gasteiger charge is 2.16. The third-order valence-corrected chi connectivity index (χ3v) is 3.49. The van der Waals surface area contributed by atoms with Crippen molar-refractivity contribution in [3.63, 3.8) is 0 Å². The fraction of sp³-hybridized carbons (Fsp3) is 0.125. The molecule has 0 radical (unpaired) electrons. The van der Waals surface area contributed by atoms with Crippen LogP contribution in [-0.4, -0.2) is 16.7 Å². The molecule has 0 saturated carbocycles. The SMILES string of the molecule is C/C(=N/NC(=O)[C@H](O)c1ccccc1)c1ccc(Br)cc1. The summed E-state index contributed by atoms with van der Waals surface area (Å²) in [5.74, 6) is -0.558. The lowest BCUT2D eigenvalue weighted by atomic mass is 10.1. The first kappa shape index (κ1) is 15.4. The molecule has 4 nitrogen and oxygen atoms in total. The molecule has 0 saturated heterocycles. The minimum absolute atomic E-state index is 0.534. The molecule has 2 rings (SSSR count). The largest absolute Gasteiger partial charge is 0.378 e. The third kappa shape index (κ3) is 4.24. The zero-order valence-electron chi connectivity index (χ0n) is 11.5. The number of nitrogens with zero attached hydrogens (tertiary/aromatic N) is 1. The molecule has 108 valence electrons. The molecule has 0 bridgehead atoms. The Labute approximate surface area is 131 Å². The number of aliphatic hydroxyl groups excluding tert-OH is 1. The second-order valence-electron chi connectivity index (χ2n) is 4.49. The average molecular weight is 347 g/mol. The monoisotopic (exact) mass is 346 g/mol. The predicted molar refractivity (Wildman–Crippen MR) is 85.9 cm³/mol. The Morgan fingerprint density at radius 1 is 1.14 bits per heavy atom. The van der Waals surface area contributed by atoms with Crippen molar-refractivity contribution in [2.75, 3.05) is 0 Å². The van der Waals surface area contributed by atoms with Crippen LogP contribution in [0.1, 0.15) is 24.2 Å². The van der Waals surface area contributed by atoms with Crippen molar-refractivity contribution in [1.29, 1.82) is 0 Å². The van der Waals surface area contributed by atoms with Crippen LogP contribution in [0.15, 0.2) is 64.2 Å². The van der Waals surface area contributed by atoms with Crippen molar-refractivity contribution < 1.29 is 9.90 Å². The summed E-state index contributed by atoms with van der Waals surface area (Å²) in [5, 5.41) is 13.9. The normalized spacial score (nSPS) is 12.8. The van der Waals surface area contributed by atoms with E-state index in [1.807, 2.05) is 30.3 Å². The molecule has 1 atom stereocenters. The van der Waals surface area contributed by atoms with Crippen LogP contribution in [0.25, 0.3) is 0 Å². The Balaban J connectivity index is 2.03. The molecule has 2 aromatic carbocycles. The molecule has 0 unspecified atom stereocenters. The van der Waals surface area contributed by atoms with Crippen molar-refractivity contribution in [1.82, 2.24) is 5.43 Å². The van der Waals surface area contributed by atoms with Crippen LogP contribution in [-0.2, 0) is 4.79 Å². The molecule has 2 N–H and O–H groups in total. The molecule has 0 fully saturated rings. The highest BCUT2D eigenvalue weighted by atomic mass is 79.9. The third-order valence-electron chi connectivity index (χ3n) is 2.96. The molecule has 0 aliphatic rings. The van der Waals surface area contributed by atoms with E-state index in [2.05, 4.69) is 26.5 Å². The van der Waals surface area contributed by atoms with Gasteiger partial charge in [0.05, 0.1) is 5.71 Å². The number of nitrogens with one attached hydrogen (secondary N) is 1. The summed E-state index contributed by atoms with van der Waals surface area (Å²) in [6, 6.07) is 16.3. The summed E-state index contributed by atoms with van der Waals surface area (Å²) < 4.78 is 0.975. The van der Waals surface area contributed by atoms with Gasteiger partial charge in [0.2, 0.25) is 0 Å². The van der Waals surface area contributed by atoms with Crippen LogP contribution in [0.3, 0.4) is 0 Å². The van der Waals surface area contributed by atoms with Gasteiger partial charge in [-0.2, -0.15) is 5.10 Å². The van der Waals surface area contributed by atoms with Crippen LogP contribution < -0.4 is 5.43 Å². The minimum Gasteiger partial charge on any atom is -0.378 e. The van der Waals surface area contributed by atoms with Gasteiger partial charge in [-0.3, -0.25) is 4.79 Å². The van der Waals surface area contributed by atoms with E-state index in [1.54, 1.807) is 31.2 Å². The standard InChI is InChI=1S/C16H15BrN2O2/c1-11(12-7-9-14(17)10-8-12)18-19-16(21)15(20)13-5-3-2-4-6-13/h2-10,15,20H,1H3,(H,19,21)/b18-11-/t15-/m1/s1. The second-order valence-corrected chi connectivity index (χ2v) is 5.41. The minimum atomic E-state index is -1.23. The number of carbonyl (C=O) groups excluding carboxylic acids is 1. The first-order chi connectivity index (χ1) is 10.1. The molecule has 0 aromatic heterocycles. The highest BCUT2D eigenvalue weighted by molar-refractivity contribution is 9.10. The number of hydrogen-bond donors (Lipinski definition) is 2. The van der Waals surface area contributed by atoms with E-state index in [-0.39, 0.29) is 0 Å². The van der Waals surface area contributed by atoms with Gasteiger partial charge >= 0.3 is 0 Å². The maximum Gasteiger partial charge on any atom is 0.273 e. The molecular formula is C16H15BrN2O2. The maximum atomic E-state index is 11.9. The van der Waals surface area contributed by atoms with Crippen molar-refractivity contribution >= 4 is 27.5 Å². The number of rotatable bonds is 4. The summed E-state index contributed by atoms with van der Waals surface area (Å²) in [4.78, 5) is 11.9. The van der Waals surface area contributed by atoms with Crippen molar-refractivity contribution in [2.24, 2.45) is 5.10 Å². The lowest BCUT2D eigenvalue weighted by molar-refractivity contribution is -0.129. The van der Waals surface area contributed by atoms with Gasteiger partial charge in [0.1, 0.15) is 0 Å². The maximum absolute atomic E-state index is 11.9. The smallest absolute Gasteiger partial charge is 0.273 e. The summed E-state index contributed by atoms with van der Waals surface area (Å²) in [6.45, 7) is 1.79. The zero-order chi connectivity index (χ0) is 15.2. The van der Waals surface area contributed by atoms with Gasteiger partial charge in [-0.1, -0.05) is 58.4 Å². The number of benzene rings is 2. The topological polar surface area (TPSA) is 61.7 Å². The Kier molecular flexibility index (Phi) is 5.25. The van der Waals surface area contributed by atoms with Crippen LogP contribution in [0.5, 0.6) is 0 Å². The molecule has 0 aliphatic heterocycles. The number of hydrogen-bond acceptors (Lipinski definition) is 3. The van der Waals surface area contributed by atoms with Gasteiger partial charge in [-0.05, 0) is 30.2 Å². The summed E-state index contributed by atoms with van der Waals surface area (Å²) in [7, 11) is 0. The van der Waals surface area contributed by atoms with Gasteiger partial charge in [0.15, 0.2) is 6.10 Å². The number of aliphatic hydroxyl groups is 1. The highest BCUT2D eigenvalue weighted by Crippen LogP contribution is 2.13. The molecule has 0 aliphatic carbocycles. The van der Waals surface area contributed by atoms with Crippen LogP contribution >= 0.6 is 15.9 Å². The van der Waals surface area contributed by atoms with Gasteiger partial charge in [0.25, 0.3) is 5.91 Å². The number of halogens is 1. The number of hydrazone groups is 1. The van der Waals surface area contributed by atoms with Crippen molar-refractivity contribution in [3.8, 4) is 0 Å². The molecule has 2 aromatic rings. The van der Waals surface area contributed by atoms with Gasteiger partial charge < -0.3 is 5.11 Å². The number of carbonyl (C=O) groups is 1. The van der Waals surface area contributed by atoms with Crippen molar-refractivity contribution in [3.05, 3.63) is 70.2 Å². The van der Waals surface area contributed by atoms with E-state index < -0.39 is 12.0 Å². The summed E-state index contributed by atoms with van der Waals surface area (Å²) in [6.07, 6.45) is -1.23. The summed E-state index contributed by atoms with van der Waals surface area (Å²) in [5.41, 5.74) is 4.47. The van der Waals surface area contributed by atoms with Crippen LogP contribution in [0.4, 0.5) is 0 Å². The van der Waals surface area contributed by atoms with Gasteiger partial charge in [0, 0.05) is 4.47 Å². The number of amides is 1. The molecular weight excluding hydrogens is 332 g/mol. The van der Waals surface area contributed by atoms with Gasteiger partial charge in [-0.15, -0.1) is 0 Å².